The van der Waals surface area contributed by atoms with Crippen LogP contribution >= 0.6 is 0 Å². The van der Waals surface area contributed by atoms with Crippen LogP contribution in [0.3, 0.4) is 0 Å². The maximum absolute atomic E-state index is 12.7. The van der Waals surface area contributed by atoms with Crippen molar-refractivity contribution < 1.29 is 9.59 Å². The Morgan fingerprint density at radius 2 is 1.54 bits per heavy atom. The molecule has 126 valence electrons. The van der Waals surface area contributed by atoms with Gasteiger partial charge >= 0.3 is 0 Å². The normalized spacial score (nSPS) is 13.4. The average Bonchev–Trinajstić information content (AvgIpc) is 3.15. The van der Waals surface area contributed by atoms with E-state index in [4.69, 9.17) is 0 Å². The lowest BCUT2D eigenvalue weighted by Crippen LogP contribution is -2.20. The molecule has 4 nitrogen and oxygen atoms in total. The molecule has 2 heterocycles. The van der Waals surface area contributed by atoms with Gasteiger partial charge in [0.2, 0.25) is 0 Å². The van der Waals surface area contributed by atoms with Crippen LogP contribution in [-0.2, 0) is 6.54 Å². The van der Waals surface area contributed by atoms with Crippen molar-refractivity contribution in [2.75, 3.05) is 0 Å². The zero-order valence-electron chi connectivity index (χ0n) is 14.2. The highest BCUT2D eigenvalue weighted by molar-refractivity contribution is 6.32. The van der Waals surface area contributed by atoms with Crippen molar-refractivity contribution in [3.8, 4) is 11.1 Å². The number of nitrogens with one attached hydrogen (secondary N) is 1. The summed E-state index contributed by atoms with van der Waals surface area (Å²) < 4.78 is 2.20. The Morgan fingerprint density at radius 3 is 2.31 bits per heavy atom. The molecule has 0 saturated carbocycles. The summed E-state index contributed by atoms with van der Waals surface area (Å²) in [7, 11) is 0. The van der Waals surface area contributed by atoms with E-state index < -0.39 is 0 Å². The number of carbonyl (C=O) groups is 2. The van der Waals surface area contributed by atoms with E-state index in [-0.39, 0.29) is 11.8 Å². The van der Waals surface area contributed by atoms with Gasteiger partial charge in [0.15, 0.2) is 0 Å². The predicted molar refractivity (Wildman–Crippen MR) is 102 cm³/mol. The molecule has 0 aliphatic carbocycles. The molecule has 4 aromatic rings. The van der Waals surface area contributed by atoms with Gasteiger partial charge in [-0.2, -0.15) is 0 Å². The van der Waals surface area contributed by atoms with E-state index in [1.165, 1.54) is 0 Å². The molecule has 4 heteroatoms. The number of amides is 2. The highest BCUT2D eigenvalue weighted by Gasteiger charge is 2.34. The number of nitrogens with zero attached hydrogens (tertiary/aromatic N) is 1. The van der Waals surface area contributed by atoms with Crippen molar-refractivity contribution in [1.29, 1.82) is 0 Å². The first-order valence-corrected chi connectivity index (χ1v) is 8.69. The first-order valence-electron chi connectivity index (χ1n) is 8.69. The van der Waals surface area contributed by atoms with Gasteiger partial charge < -0.3 is 4.57 Å². The van der Waals surface area contributed by atoms with Gasteiger partial charge in [0.1, 0.15) is 0 Å². The second-order valence-corrected chi connectivity index (χ2v) is 6.48. The van der Waals surface area contributed by atoms with Crippen LogP contribution in [0.15, 0.2) is 60.7 Å². The van der Waals surface area contributed by atoms with E-state index in [1.54, 1.807) is 0 Å². The molecule has 0 radical (unpaired) electrons. The number of hydrogen-bond acceptors (Lipinski definition) is 2. The van der Waals surface area contributed by atoms with Crippen LogP contribution in [0.5, 0.6) is 0 Å². The van der Waals surface area contributed by atoms with E-state index in [2.05, 4.69) is 22.9 Å². The minimum absolute atomic E-state index is 0.313. The number of hydrogen-bond donors (Lipinski definition) is 1. The molecule has 1 N–H and O–H groups in total. The zero-order valence-corrected chi connectivity index (χ0v) is 14.2. The summed E-state index contributed by atoms with van der Waals surface area (Å²) in [5.74, 6) is -0.633. The van der Waals surface area contributed by atoms with Gasteiger partial charge in [-0.1, -0.05) is 48.5 Å². The van der Waals surface area contributed by atoms with Crippen molar-refractivity contribution in [3.63, 3.8) is 0 Å². The number of benzene rings is 3. The SMILES string of the molecule is CCn1c2ccccc2c2c3c(c(-c4ccccc4)cc21)C(=O)NC3=O. The third kappa shape index (κ3) is 1.84. The Hall–Kier alpha value is -3.40. The van der Waals surface area contributed by atoms with Crippen LogP contribution in [0.1, 0.15) is 27.6 Å². The van der Waals surface area contributed by atoms with Crippen LogP contribution < -0.4 is 5.32 Å². The average molecular weight is 340 g/mol. The van der Waals surface area contributed by atoms with Gasteiger partial charge in [-0.3, -0.25) is 14.9 Å². The standard InChI is InChI=1S/C22H16N2O2/c1-2-24-16-11-7-6-10-14(16)18-17(24)12-15(13-8-4-3-5-9-13)19-20(18)22(26)23-21(19)25/h3-12H,2H2,1H3,(H,23,25,26). The summed E-state index contributed by atoms with van der Waals surface area (Å²) in [5.41, 5.74) is 4.76. The summed E-state index contributed by atoms with van der Waals surface area (Å²) in [4.78, 5) is 25.3. The maximum Gasteiger partial charge on any atom is 0.259 e. The van der Waals surface area contributed by atoms with E-state index in [1.807, 2.05) is 54.6 Å². The molecule has 0 fully saturated rings. The Labute approximate surface area is 150 Å². The fraction of sp³-hybridized carbons (Fsp3) is 0.0909. The third-order valence-electron chi connectivity index (χ3n) is 5.14. The lowest BCUT2D eigenvalue weighted by molar-refractivity contribution is 0.0880. The van der Waals surface area contributed by atoms with Gasteiger partial charge in [-0.15, -0.1) is 0 Å². The molecular formula is C22H16N2O2. The summed E-state index contributed by atoms with van der Waals surface area (Å²) in [5, 5.41) is 4.36. The number of para-hydroxylation sites is 1. The van der Waals surface area contributed by atoms with Crippen molar-refractivity contribution in [2.45, 2.75) is 13.5 Å². The van der Waals surface area contributed by atoms with Crippen LogP contribution in [0, 0.1) is 0 Å². The van der Waals surface area contributed by atoms with E-state index in [9.17, 15) is 9.59 Å². The third-order valence-corrected chi connectivity index (χ3v) is 5.14. The molecule has 2 amide bonds. The first-order chi connectivity index (χ1) is 12.7. The molecule has 0 atom stereocenters. The van der Waals surface area contributed by atoms with Crippen molar-refractivity contribution in [2.24, 2.45) is 0 Å². The number of aryl methyl sites for hydroxylation is 1. The lowest BCUT2D eigenvalue weighted by atomic mass is 9.93. The fourth-order valence-electron chi connectivity index (χ4n) is 4.08. The van der Waals surface area contributed by atoms with Crippen molar-refractivity contribution in [3.05, 3.63) is 71.8 Å². The first kappa shape index (κ1) is 14.9. The summed E-state index contributed by atoms with van der Waals surface area (Å²) in [6.07, 6.45) is 0. The molecule has 0 bridgehead atoms. The fourth-order valence-corrected chi connectivity index (χ4v) is 4.08. The van der Waals surface area contributed by atoms with Gasteiger partial charge in [-0.05, 0) is 30.2 Å². The topological polar surface area (TPSA) is 51.1 Å². The highest BCUT2D eigenvalue weighted by Crippen LogP contribution is 2.40. The van der Waals surface area contributed by atoms with Crippen LogP contribution in [0.2, 0.25) is 0 Å². The lowest BCUT2D eigenvalue weighted by Gasteiger charge is -2.10. The minimum Gasteiger partial charge on any atom is -0.341 e. The highest BCUT2D eigenvalue weighted by atomic mass is 16.2. The van der Waals surface area contributed by atoms with Crippen molar-refractivity contribution >= 4 is 33.6 Å². The van der Waals surface area contributed by atoms with E-state index in [0.29, 0.717) is 11.1 Å². The Morgan fingerprint density at radius 1 is 0.846 bits per heavy atom. The molecule has 26 heavy (non-hydrogen) atoms. The summed E-state index contributed by atoms with van der Waals surface area (Å²) >= 11 is 0. The zero-order chi connectivity index (χ0) is 17.8. The smallest absolute Gasteiger partial charge is 0.259 e. The molecule has 1 aromatic heterocycles. The quantitative estimate of drug-likeness (QED) is 0.551. The van der Waals surface area contributed by atoms with Gasteiger partial charge in [0.25, 0.3) is 11.8 Å². The molecule has 1 aliphatic heterocycles. The van der Waals surface area contributed by atoms with Crippen LogP contribution in [0.25, 0.3) is 32.9 Å². The van der Waals surface area contributed by atoms with Crippen LogP contribution in [-0.4, -0.2) is 16.4 Å². The monoisotopic (exact) mass is 340 g/mol. The maximum atomic E-state index is 12.7. The Bertz CT molecular complexity index is 1220. The molecule has 0 unspecified atom stereocenters. The Kier molecular flexibility index (Phi) is 3.04. The number of imide groups is 1. The predicted octanol–water partition coefficient (Wildman–Crippen LogP) is 4.37. The summed E-state index contributed by atoms with van der Waals surface area (Å²) in [6.45, 7) is 2.87. The van der Waals surface area contributed by atoms with E-state index in [0.717, 1.165) is 39.5 Å². The molecule has 1 aliphatic rings. The number of fused-ring (bicyclic) bond motifs is 5. The largest absolute Gasteiger partial charge is 0.341 e. The Balaban J connectivity index is 2.04. The molecule has 5 rings (SSSR count). The second kappa shape index (κ2) is 5.30. The second-order valence-electron chi connectivity index (χ2n) is 6.48. The number of rotatable bonds is 2. The molecular weight excluding hydrogens is 324 g/mol. The van der Waals surface area contributed by atoms with Gasteiger partial charge in [-0.25, -0.2) is 0 Å². The van der Waals surface area contributed by atoms with Gasteiger partial charge in [0, 0.05) is 22.8 Å². The molecule has 0 spiro atoms. The summed E-state index contributed by atoms with van der Waals surface area (Å²) in [6, 6.07) is 19.8. The number of carbonyl (C=O) groups excluding carboxylic acids is 2. The minimum atomic E-state index is -0.320. The number of aromatic nitrogens is 1. The molecule has 3 aromatic carbocycles. The van der Waals surface area contributed by atoms with Crippen molar-refractivity contribution in [1.82, 2.24) is 9.88 Å². The van der Waals surface area contributed by atoms with Gasteiger partial charge in [0.05, 0.1) is 16.6 Å². The van der Waals surface area contributed by atoms with E-state index >= 15 is 0 Å². The van der Waals surface area contributed by atoms with Crippen LogP contribution in [0.4, 0.5) is 0 Å². The molecule has 0 saturated heterocycles.